The molecule has 0 saturated heterocycles. The molecule has 1 unspecified atom stereocenters. The van der Waals surface area contributed by atoms with Crippen molar-refractivity contribution < 1.29 is 27.4 Å². The molecule has 9 heteroatoms. The maximum absolute atomic E-state index is 14.8. The number of carbonyl (C=O) groups excluding carboxylic acids is 1. The minimum absolute atomic E-state index is 0.0433. The number of halogens is 3. The highest BCUT2D eigenvalue weighted by atomic mass is 32.2. The zero-order chi connectivity index (χ0) is 21.3. The fourth-order valence-corrected chi connectivity index (χ4v) is 4.85. The number of hydrogen-bond donors (Lipinski definition) is 1. The smallest absolute Gasteiger partial charge is 0.274 e. The van der Waals surface area contributed by atoms with E-state index in [9.17, 15) is 18.0 Å². The summed E-state index contributed by atoms with van der Waals surface area (Å²) in [5, 5.41) is 1.63. The molecule has 0 bridgehead atoms. The highest BCUT2D eigenvalue weighted by Crippen LogP contribution is 2.50. The van der Waals surface area contributed by atoms with E-state index in [0.717, 1.165) is 31.5 Å². The Morgan fingerprint density at radius 3 is 2.72 bits per heavy atom. The van der Waals surface area contributed by atoms with Crippen LogP contribution in [0, 0.1) is 11.7 Å². The molecular weight excluding hydrogens is 405 g/mol. The second-order valence-corrected chi connectivity index (χ2v) is 9.06. The third-order valence-electron chi connectivity index (χ3n) is 5.13. The van der Waals surface area contributed by atoms with Crippen molar-refractivity contribution in [3.05, 3.63) is 17.9 Å². The number of hydrogen-bond acceptors (Lipinski definition) is 5. The van der Waals surface area contributed by atoms with Crippen LogP contribution >= 0.6 is 11.8 Å². The number of nitrogens with one attached hydrogen (secondary N) is 1. The number of carbonyl (C=O) groups is 1. The number of anilines is 1. The largest absolute Gasteiger partial charge is 0.490 e. The molecule has 1 heterocycles. The molecule has 1 aromatic rings. The van der Waals surface area contributed by atoms with Crippen molar-refractivity contribution in [3.8, 4) is 5.75 Å². The van der Waals surface area contributed by atoms with Crippen molar-refractivity contribution >= 4 is 23.4 Å². The quantitative estimate of drug-likeness (QED) is 0.672. The van der Waals surface area contributed by atoms with Crippen molar-refractivity contribution in [2.75, 3.05) is 25.2 Å². The molecule has 1 amide bonds. The second-order valence-electron chi connectivity index (χ2n) is 7.97. The SMILES string of the molecule is CC(=O)N[C@@H](C)CO[C@H]1C[C@H](COc2ccc3c(c2F)SC(C(C)(F)F)N3C)C1. The van der Waals surface area contributed by atoms with Gasteiger partial charge < -0.3 is 19.7 Å². The van der Waals surface area contributed by atoms with Crippen LogP contribution in [0.3, 0.4) is 0 Å². The first kappa shape index (κ1) is 22.1. The summed E-state index contributed by atoms with van der Waals surface area (Å²) in [4.78, 5) is 12.6. The Morgan fingerprint density at radius 2 is 2.10 bits per heavy atom. The number of amides is 1. The number of rotatable bonds is 8. The third kappa shape index (κ3) is 5.12. The highest BCUT2D eigenvalue weighted by Gasteiger charge is 2.44. The van der Waals surface area contributed by atoms with Gasteiger partial charge in [-0.25, -0.2) is 13.2 Å². The molecule has 2 atom stereocenters. The molecule has 0 spiro atoms. The standard InChI is InChI=1S/C20H27F3N2O3S/c1-11(24-12(2)26)9-27-14-7-13(8-14)10-28-16-6-5-15-18(17(16)21)29-19(25(15)4)20(3,22)23/h5-6,11,13-14,19H,7-10H2,1-4H3,(H,24,26)/t11-,13-,14-,19?/m0/s1. The average molecular weight is 433 g/mol. The molecule has 1 aliphatic carbocycles. The number of thioether (sulfide) groups is 1. The summed E-state index contributed by atoms with van der Waals surface area (Å²) in [7, 11) is 1.54. The lowest BCUT2D eigenvalue weighted by molar-refractivity contribution is -0.120. The van der Waals surface area contributed by atoms with E-state index in [2.05, 4.69) is 5.32 Å². The number of benzene rings is 1. The average Bonchev–Trinajstić information content (AvgIpc) is 2.92. The van der Waals surface area contributed by atoms with Gasteiger partial charge in [0, 0.05) is 26.9 Å². The Bertz CT molecular complexity index is 753. The molecule has 162 valence electrons. The Balaban J connectivity index is 1.47. The van der Waals surface area contributed by atoms with Gasteiger partial charge in [-0.15, -0.1) is 0 Å². The minimum atomic E-state index is -2.95. The molecule has 2 aliphatic rings. The molecule has 1 aliphatic heterocycles. The van der Waals surface area contributed by atoms with Crippen LogP contribution in [-0.4, -0.2) is 49.6 Å². The van der Waals surface area contributed by atoms with Crippen LogP contribution in [0.25, 0.3) is 0 Å². The molecule has 29 heavy (non-hydrogen) atoms. The Labute approximate surface area is 173 Å². The van der Waals surface area contributed by atoms with E-state index in [1.54, 1.807) is 13.1 Å². The molecule has 3 rings (SSSR count). The molecule has 5 nitrogen and oxygen atoms in total. The van der Waals surface area contributed by atoms with E-state index in [1.165, 1.54) is 17.9 Å². The predicted octanol–water partition coefficient (Wildman–Crippen LogP) is 4.05. The minimum Gasteiger partial charge on any atom is -0.490 e. The van der Waals surface area contributed by atoms with Gasteiger partial charge >= 0.3 is 0 Å². The first-order valence-corrected chi connectivity index (χ1v) is 10.6. The maximum Gasteiger partial charge on any atom is 0.274 e. The van der Waals surface area contributed by atoms with Gasteiger partial charge in [0.1, 0.15) is 5.37 Å². The summed E-state index contributed by atoms with van der Waals surface area (Å²) in [5.41, 5.74) is 0.455. The number of alkyl halides is 2. The van der Waals surface area contributed by atoms with Gasteiger partial charge in [0.15, 0.2) is 11.6 Å². The van der Waals surface area contributed by atoms with Crippen molar-refractivity contribution in [1.82, 2.24) is 5.32 Å². The molecule has 1 N–H and O–H groups in total. The van der Waals surface area contributed by atoms with Gasteiger partial charge in [-0.3, -0.25) is 4.79 Å². The van der Waals surface area contributed by atoms with Gasteiger partial charge in [0.05, 0.1) is 29.9 Å². The molecule has 1 fully saturated rings. The molecule has 1 saturated carbocycles. The fourth-order valence-electron chi connectivity index (χ4n) is 3.61. The Morgan fingerprint density at radius 1 is 1.41 bits per heavy atom. The van der Waals surface area contributed by atoms with Crippen LogP contribution in [0.4, 0.5) is 18.9 Å². The van der Waals surface area contributed by atoms with Gasteiger partial charge in [-0.05, 0) is 37.8 Å². The summed E-state index contributed by atoms with van der Waals surface area (Å²) in [6.07, 6.45) is 1.73. The number of fused-ring (bicyclic) bond motifs is 1. The lowest BCUT2D eigenvalue weighted by Crippen LogP contribution is -2.40. The molecule has 1 aromatic carbocycles. The van der Waals surface area contributed by atoms with Crippen molar-refractivity contribution in [2.24, 2.45) is 5.92 Å². The molecule has 0 radical (unpaired) electrons. The van der Waals surface area contributed by atoms with Gasteiger partial charge in [-0.1, -0.05) is 11.8 Å². The van der Waals surface area contributed by atoms with Gasteiger partial charge in [-0.2, -0.15) is 0 Å². The van der Waals surface area contributed by atoms with Gasteiger partial charge in [0.25, 0.3) is 5.92 Å². The van der Waals surface area contributed by atoms with E-state index in [0.29, 0.717) is 18.9 Å². The molecule has 0 aromatic heterocycles. The lowest BCUT2D eigenvalue weighted by Gasteiger charge is -2.35. The normalized spacial score (nSPS) is 24.7. The Hall–Kier alpha value is -1.61. The van der Waals surface area contributed by atoms with E-state index in [4.69, 9.17) is 9.47 Å². The van der Waals surface area contributed by atoms with Crippen molar-refractivity contribution in [2.45, 2.75) is 62.0 Å². The summed E-state index contributed by atoms with van der Waals surface area (Å²) >= 11 is 0.831. The van der Waals surface area contributed by atoms with Gasteiger partial charge in [0.2, 0.25) is 5.91 Å². The summed E-state index contributed by atoms with van der Waals surface area (Å²) in [6.45, 7) is 4.99. The van der Waals surface area contributed by atoms with E-state index in [1.807, 2.05) is 6.92 Å². The first-order valence-electron chi connectivity index (χ1n) is 9.67. The number of ether oxygens (including phenoxy) is 2. The van der Waals surface area contributed by atoms with Crippen LogP contribution in [0.2, 0.25) is 0 Å². The van der Waals surface area contributed by atoms with Crippen LogP contribution in [0.1, 0.15) is 33.6 Å². The summed E-state index contributed by atoms with van der Waals surface area (Å²) in [6, 6.07) is 3.09. The second kappa shape index (κ2) is 8.63. The predicted molar refractivity (Wildman–Crippen MR) is 106 cm³/mol. The Kier molecular flexibility index (Phi) is 6.57. The van der Waals surface area contributed by atoms with Crippen LogP contribution in [0.15, 0.2) is 17.0 Å². The summed E-state index contributed by atoms with van der Waals surface area (Å²) in [5.74, 6) is -3.28. The van der Waals surface area contributed by atoms with Crippen LogP contribution in [-0.2, 0) is 9.53 Å². The first-order chi connectivity index (χ1) is 13.6. The highest BCUT2D eigenvalue weighted by molar-refractivity contribution is 8.00. The zero-order valence-corrected chi connectivity index (χ0v) is 17.8. The third-order valence-corrected chi connectivity index (χ3v) is 6.71. The number of nitrogens with zero attached hydrogens (tertiary/aromatic N) is 1. The maximum atomic E-state index is 14.8. The zero-order valence-electron chi connectivity index (χ0n) is 17.0. The lowest BCUT2D eigenvalue weighted by atomic mass is 9.83. The van der Waals surface area contributed by atoms with Crippen LogP contribution < -0.4 is 15.0 Å². The monoisotopic (exact) mass is 432 g/mol. The van der Waals surface area contributed by atoms with E-state index < -0.39 is 17.1 Å². The van der Waals surface area contributed by atoms with E-state index >= 15 is 0 Å². The fraction of sp³-hybridized carbons (Fsp3) is 0.650. The van der Waals surface area contributed by atoms with Crippen LogP contribution in [0.5, 0.6) is 5.75 Å². The van der Waals surface area contributed by atoms with Crippen molar-refractivity contribution in [1.29, 1.82) is 0 Å². The molecular formula is C20H27F3N2O3S. The summed E-state index contributed by atoms with van der Waals surface area (Å²) < 4.78 is 53.7. The topological polar surface area (TPSA) is 50.8 Å². The van der Waals surface area contributed by atoms with Crippen molar-refractivity contribution in [3.63, 3.8) is 0 Å². The van der Waals surface area contributed by atoms with E-state index in [-0.39, 0.29) is 34.6 Å².